The highest BCUT2D eigenvalue weighted by Crippen LogP contribution is 2.30. The number of primary amides is 1. The van der Waals surface area contributed by atoms with Gasteiger partial charge in [0, 0.05) is 0 Å². The molecule has 0 aliphatic carbocycles. The highest BCUT2D eigenvalue weighted by atomic mass is 32.1. The molecule has 9 nitrogen and oxygen atoms in total. The number of methoxy groups -OCH3 is 1. The molecule has 0 saturated carbocycles. The van der Waals surface area contributed by atoms with Gasteiger partial charge < -0.3 is 21.1 Å². The minimum absolute atomic E-state index is 0.165. The standard InChI is InChI=1S/C18H18N4O5S/c1-18(10-3-5-11(27-2)6-4-10)16(25)22(17(26)21-18)9-13(23)20-15-12(14(19)24)7-8-28-15/h3-8H,9H2,1-2H3,(H2,19,24)(H,20,23)(H,21,26). The maximum absolute atomic E-state index is 12.9. The third-order valence-corrected chi connectivity index (χ3v) is 5.26. The van der Waals surface area contributed by atoms with Crippen LogP contribution < -0.4 is 21.1 Å². The Bertz CT molecular complexity index is 955. The monoisotopic (exact) mass is 402 g/mol. The van der Waals surface area contributed by atoms with Crippen molar-refractivity contribution >= 4 is 40.1 Å². The van der Waals surface area contributed by atoms with Crippen LogP contribution in [0.4, 0.5) is 9.80 Å². The number of nitrogens with one attached hydrogen (secondary N) is 2. The van der Waals surface area contributed by atoms with Crippen molar-refractivity contribution in [1.29, 1.82) is 0 Å². The summed E-state index contributed by atoms with van der Waals surface area (Å²) in [6, 6.07) is 7.50. The lowest BCUT2D eigenvalue weighted by Crippen LogP contribution is -2.42. The van der Waals surface area contributed by atoms with Gasteiger partial charge in [0.25, 0.3) is 11.8 Å². The molecular formula is C18H18N4O5S. The molecule has 4 N–H and O–H groups in total. The second-order valence-electron chi connectivity index (χ2n) is 6.25. The second kappa shape index (κ2) is 7.31. The lowest BCUT2D eigenvalue weighted by molar-refractivity contribution is -0.133. The third kappa shape index (κ3) is 3.41. The van der Waals surface area contributed by atoms with Gasteiger partial charge in [-0.25, -0.2) is 4.79 Å². The fourth-order valence-electron chi connectivity index (χ4n) is 2.87. The first-order valence-corrected chi connectivity index (χ1v) is 9.10. The minimum atomic E-state index is -1.30. The highest BCUT2D eigenvalue weighted by Gasteiger charge is 2.49. The van der Waals surface area contributed by atoms with E-state index in [1.54, 1.807) is 36.6 Å². The highest BCUT2D eigenvalue weighted by molar-refractivity contribution is 7.14. The van der Waals surface area contributed by atoms with Crippen LogP contribution in [0.2, 0.25) is 0 Å². The molecule has 1 aromatic carbocycles. The maximum atomic E-state index is 12.9. The van der Waals surface area contributed by atoms with Crippen LogP contribution in [0, 0.1) is 0 Å². The number of nitrogens with zero attached hydrogens (tertiary/aromatic N) is 1. The lowest BCUT2D eigenvalue weighted by Gasteiger charge is -2.22. The normalized spacial score (nSPS) is 18.7. The van der Waals surface area contributed by atoms with Gasteiger partial charge in [-0.05, 0) is 36.1 Å². The van der Waals surface area contributed by atoms with Gasteiger partial charge >= 0.3 is 6.03 Å². The number of carbonyl (C=O) groups is 4. The fraction of sp³-hybridized carbons (Fsp3) is 0.222. The van der Waals surface area contributed by atoms with E-state index in [-0.39, 0.29) is 10.6 Å². The van der Waals surface area contributed by atoms with Gasteiger partial charge in [-0.2, -0.15) is 0 Å². The van der Waals surface area contributed by atoms with Crippen molar-refractivity contribution < 1.29 is 23.9 Å². The van der Waals surface area contributed by atoms with Crippen molar-refractivity contribution in [3.8, 4) is 5.75 Å². The van der Waals surface area contributed by atoms with Gasteiger partial charge in [0.05, 0.1) is 12.7 Å². The molecule has 28 heavy (non-hydrogen) atoms. The van der Waals surface area contributed by atoms with Crippen LogP contribution in [0.15, 0.2) is 35.7 Å². The summed E-state index contributed by atoms with van der Waals surface area (Å²) in [5.74, 6) is -1.24. The first kappa shape index (κ1) is 19.4. The van der Waals surface area contributed by atoms with Gasteiger partial charge in [-0.15, -0.1) is 11.3 Å². The SMILES string of the molecule is COc1ccc(C2(C)NC(=O)N(CC(=O)Nc3sccc3C(N)=O)C2=O)cc1. The van der Waals surface area contributed by atoms with E-state index < -0.39 is 35.8 Å². The first-order valence-electron chi connectivity index (χ1n) is 8.22. The molecule has 1 fully saturated rings. The summed E-state index contributed by atoms with van der Waals surface area (Å²) < 4.78 is 5.10. The topological polar surface area (TPSA) is 131 Å². The average molecular weight is 402 g/mol. The molecule has 1 atom stereocenters. The molecule has 0 radical (unpaired) electrons. The number of ether oxygens (including phenoxy) is 1. The minimum Gasteiger partial charge on any atom is -0.497 e. The smallest absolute Gasteiger partial charge is 0.325 e. The van der Waals surface area contributed by atoms with Crippen molar-refractivity contribution in [3.05, 3.63) is 46.8 Å². The zero-order valence-electron chi connectivity index (χ0n) is 15.1. The van der Waals surface area contributed by atoms with Crippen molar-refractivity contribution in [2.24, 2.45) is 5.73 Å². The molecule has 10 heteroatoms. The van der Waals surface area contributed by atoms with E-state index >= 15 is 0 Å². The Hall–Kier alpha value is -3.40. The molecule has 1 aliphatic heterocycles. The van der Waals surface area contributed by atoms with Crippen molar-refractivity contribution in [1.82, 2.24) is 10.2 Å². The number of urea groups is 1. The van der Waals surface area contributed by atoms with Gasteiger partial charge in [0.2, 0.25) is 5.91 Å². The van der Waals surface area contributed by atoms with Crippen LogP contribution in [0.3, 0.4) is 0 Å². The lowest BCUT2D eigenvalue weighted by atomic mass is 9.92. The first-order chi connectivity index (χ1) is 13.3. The zero-order valence-corrected chi connectivity index (χ0v) is 16.0. The Labute approximate surface area is 164 Å². The van der Waals surface area contributed by atoms with Crippen molar-refractivity contribution in [2.75, 3.05) is 19.0 Å². The molecule has 0 spiro atoms. The van der Waals surface area contributed by atoms with Gasteiger partial charge in [0.1, 0.15) is 22.8 Å². The Morgan fingerprint density at radius 2 is 1.93 bits per heavy atom. The summed E-state index contributed by atoms with van der Waals surface area (Å²) in [5.41, 5.74) is 4.67. The number of amides is 5. The third-order valence-electron chi connectivity index (χ3n) is 4.43. The molecule has 3 rings (SSSR count). The quantitative estimate of drug-likeness (QED) is 0.626. The van der Waals surface area contributed by atoms with E-state index in [4.69, 9.17) is 10.5 Å². The number of anilines is 1. The number of thiophene rings is 1. The molecule has 1 saturated heterocycles. The van der Waals surface area contributed by atoms with Crippen LogP contribution in [0.1, 0.15) is 22.8 Å². The number of hydrogen-bond donors (Lipinski definition) is 3. The zero-order chi connectivity index (χ0) is 20.5. The van der Waals surface area contributed by atoms with Crippen LogP contribution in [-0.2, 0) is 15.1 Å². The Morgan fingerprint density at radius 3 is 2.54 bits per heavy atom. The maximum Gasteiger partial charge on any atom is 0.325 e. The molecule has 2 heterocycles. The van der Waals surface area contributed by atoms with Gasteiger partial charge in [0.15, 0.2) is 0 Å². The number of hydrogen-bond acceptors (Lipinski definition) is 6. The molecule has 1 aromatic heterocycles. The van der Waals surface area contributed by atoms with E-state index in [1.165, 1.54) is 13.2 Å². The largest absolute Gasteiger partial charge is 0.497 e. The van der Waals surface area contributed by atoms with Crippen molar-refractivity contribution in [3.63, 3.8) is 0 Å². The Morgan fingerprint density at radius 1 is 1.25 bits per heavy atom. The fourth-order valence-corrected chi connectivity index (χ4v) is 3.68. The Balaban J connectivity index is 1.75. The van der Waals surface area contributed by atoms with Crippen molar-refractivity contribution in [2.45, 2.75) is 12.5 Å². The summed E-state index contributed by atoms with van der Waals surface area (Å²) in [6.45, 7) is 1.07. The predicted octanol–water partition coefficient (Wildman–Crippen LogP) is 1.26. The predicted molar refractivity (Wildman–Crippen MR) is 102 cm³/mol. The summed E-state index contributed by atoms with van der Waals surface area (Å²) >= 11 is 1.12. The van der Waals surface area contributed by atoms with E-state index in [9.17, 15) is 19.2 Å². The van der Waals surface area contributed by atoms with E-state index in [0.29, 0.717) is 11.3 Å². The Kier molecular flexibility index (Phi) is 5.06. The summed E-state index contributed by atoms with van der Waals surface area (Å²) in [5, 5.41) is 7.00. The average Bonchev–Trinajstić information content (AvgIpc) is 3.21. The summed E-state index contributed by atoms with van der Waals surface area (Å²) in [4.78, 5) is 49.7. The number of benzene rings is 1. The number of carbonyl (C=O) groups excluding carboxylic acids is 4. The summed E-state index contributed by atoms with van der Waals surface area (Å²) in [7, 11) is 1.52. The van der Waals surface area contributed by atoms with Crippen LogP contribution in [-0.4, -0.2) is 42.3 Å². The van der Waals surface area contributed by atoms with Crippen LogP contribution >= 0.6 is 11.3 Å². The van der Waals surface area contributed by atoms with Gasteiger partial charge in [-0.3, -0.25) is 19.3 Å². The second-order valence-corrected chi connectivity index (χ2v) is 7.17. The molecule has 5 amide bonds. The van der Waals surface area contributed by atoms with Crippen LogP contribution in [0.25, 0.3) is 0 Å². The van der Waals surface area contributed by atoms with E-state index in [2.05, 4.69) is 10.6 Å². The summed E-state index contributed by atoms with van der Waals surface area (Å²) in [6.07, 6.45) is 0. The molecular weight excluding hydrogens is 384 g/mol. The molecule has 1 unspecified atom stereocenters. The molecule has 146 valence electrons. The molecule has 0 bridgehead atoms. The number of nitrogens with two attached hydrogens (primary N) is 1. The van der Waals surface area contributed by atoms with E-state index in [0.717, 1.165) is 16.2 Å². The van der Waals surface area contributed by atoms with E-state index in [1.807, 2.05) is 0 Å². The van der Waals surface area contributed by atoms with Crippen LogP contribution in [0.5, 0.6) is 5.75 Å². The van der Waals surface area contributed by atoms with Gasteiger partial charge in [-0.1, -0.05) is 12.1 Å². The molecule has 1 aliphatic rings. The molecule has 2 aromatic rings. The number of imide groups is 1. The number of rotatable bonds is 6.